The number of carbonyl (C=O) groups excluding carboxylic acids is 2. The fourth-order valence-electron chi connectivity index (χ4n) is 11.0. The van der Waals surface area contributed by atoms with Crippen LogP contribution in [0.25, 0.3) is 0 Å². The van der Waals surface area contributed by atoms with E-state index < -0.39 is 19.7 Å². The maximum absolute atomic E-state index is 13.7. The molecule has 12 nitrogen and oxygen atoms in total. The molecule has 2 spiro atoms. The Morgan fingerprint density at radius 2 is 0.984 bits per heavy atom. The Hall–Kier alpha value is -4.76. The maximum Gasteiger partial charge on any atom is 0.325 e. The highest BCUT2D eigenvalue weighted by Crippen LogP contribution is 2.51. The van der Waals surface area contributed by atoms with Gasteiger partial charge in [-0.05, 0) is 158 Å². The van der Waals surface area contributed by atoms with E-state index in [9.17, 15) is 26.4 Å². The predicted octanol–water partition coefficient (Wildman–Crippen LogP) is 7.90. The Morgan fingerprint density at radius 1 is 0.562 bits per heavy atom. The monoisotopic (exact) mass is 908 g/mol. The number of anilines is 2. The summed E-state index contributed by atoms with van der Waals surface area (Å²) in [6.07, 6.45) is 12.4. The van der Waals surface area contributed by atoms with E-state index in [1.807, 2.05) is 11.0 Å². The van der Waals surface area contributed by atoms with Gasteiger partial charge < -0.3 is 10.2 Å². The van der Waals surface area contributed by atoms with Gasteiger partial charge in [0, 0.05) is 41.5 Å². The lowest BCUT2D eigenvalue weighted by molar-refractivity contribution is 0.0249. The molecular weight excluding hydrogens is 845 g/mol. The number of hydrogen-bond acceptors (Lipinski definition) is 8. The van der Waals surface area contributed by atoms with Gasteiger partial charge in [0.15, 0.2) is 19.7 Å². The molecule has 0 aromatic heterocycles. The van der Waals surface area contributed by atoms with Crippen LogP contribution in [0.15, 0.2) is 119 Å². The maximum atomic E-state index is 13.7. The van der Waals surface area contributed by atoms with E-state index in [2.05, 4.69) is 103 Å². The van der Waals surface area contributed by atoms with Crippen molar-refractivity contribution in [2.45, 2.75) is 96.2 Å². The minimum atomic E-state index is -3.27. The SMILES string of the molecule is CN(C)C1(c2ccccc2)CCC2(CC1)CN(c1ccc(S(C)(=O)=O)cc1)C(=O)N2.CN(C)C1(c2ccccc2)CCC2(CC1)CN(c1ccc(S(C)(=O)=O)cc1)C(=O)N2CC1CC1. The highest BCUT2D eigenvalue weighted by atomic mass is 32.2. The van der Waals surface area contributed by atoms with Gasteiger partial charge in [-0.3, -0.25) is 19.6 Å². The number of nitrogens with zero attached hydrogens (tertiary/aromatic N) is 5. The summed E-state index contributed by atoms with van der Waals surface area (Å²) in [5.41, 5.74) is 3.70. The Bertz CT molecular complexity index is 2530. The van der Waals surface area contributed by atoms with Crippen LogP contribution in [0.1, 0.15) is 75.3 Å². The van der Waals surface area contributed by atoms with Crippen molar-refractivity contribution < 1.29 is 26.4 Å². The predicted molar refractivity (Wildman–Crippen MR) is 253 cm³/mol. The zero-order valence-corrected chi connectivity index (χ0v) is 39.8. The van der Waals surface area contributed by atoms with E-state index in [0.717, 1.165) is 69.3 Å². The van der Waals surface area contributed by atoms with Crippen LogP contribution in [0.2, 0.25) is 0 Å². The molecule has 4 aromatic carbocycles. The Morgan fingerprint density at radius 3 is 1.39 bits per heavy atom. The topological polar surface area (TPSA) is 131 Å². The molecule has 4 aromatic rings. The highest BCUT2D eigenvalue weighted by molar-refractivity contribution is 7.91. The summed E-state index contributed by atoms with van der Waals surface area (Å²) >= 11 is 0. The fraction of sp³-hybridized carbons (Fsp3) is 0.480. The molecule has 5 aliphatic rings. The molecule has 342 valence electrons. The molecule has 0 radical (unpaired) electrons. The van der Waals surface area contributed by atoms with Crippen molar-refractivity contribution in [3.63, 3.8) is 0 Å². The highest BCUT2D eigenvalue weighted by Gasteiger charge is 2.56. The van der Waals surface area contributed by atoms with Crippen LogP contribution in [0.5, 0.6) is 0 Å². The summed E-state index contributed by atoms with van der Waals surface area (Å²) in [4.78, 5) is 37.5. The first-order valence-electron chi connectivity index (χ1n) is 22.6. The van der Waals surface area contributed by atoms with Crippen molar-refractivity contribution in [3.05, 3.63) is 120 Å². The molecule has 3 saturated carbocycles. The number of rotatable bonds is 10. The second kappa shape index (κ2) is 17.2. The summed E-state index contributed by atoms with van der Waals surface area (Å²) in [6, 6.07) is 34.7. The molecule has 14 heteroatoms. The van der Waals surface area contributed by atoms with Crippen molar-refractivity contribution in [2.24, 2.45) is 5.92 Å². The molecule has 2 heterocycles. The minimum Gasteiger partial charge on any atom is -0.330 e. The van der Waals surface area contributed by atoms with Crippen molar-refractivity contribution >= 4 is 43.1 Å². The lowest BCUT2D eigenvalue weighted by atomic mass is 9.68. The number of nitrogens with one attached hydrogen (secondary N) is 1. The first-order chi connectivity index (χ1) is 30.3. The van der Waals surface area contributed by atoms with Gasteiger partial charge >= 0.3 is 12.1 Å². The van der Waals surface area contributed by atoms with Crippen LogP contribution in [-0.4, -0.2) is 115 Å². The zero-order chi connectivity index (χ0) is 45.7. The average molecular weight is 909 g/mol. The molecule has 5 fully saturated rings. The molecule has 3 aliphatic carbocycles. The van der Waals surface area contributed by atoms with Gasteiger partial charge in [-0.25, -0.2) is 26.4 Å². The quantitative estimate of drug-likeness (QED) is 0.170. The van der Waals surface area contributed by atoms with Gasteiger partial charge in [-0.15, -0.1) is 0 Å². The molecule has 0 unspecified atom stereocenters. The van der Waals surface area contributed by atoms with E-state index in [-0.39, 0.29) is 44.0 Å². The lowest BCUT2D eigenvalue weighted by Gasteiger charge is -2.51. The van der Waals surface area contributed by atoms with Gasteiger partial charge in [0.1, 0.15) is 0 Å². The third-order valence-electron chi connectivity index (χ3n) is 15.2. The van der Waals surface area contributed by atoms with E-state index >= 15 is 0 Å². The number of hydrogen-bond donors (Lipinski definition) is 1. The van der Waals surface area contributed by atoms with Gasteiger partial charge in [-0.2, -0.15) is 0 Å². The van der Waals surface area contributed by atoms with Crippen LogP contribution >= 0.6 is 0 Å². The van der Waals surface area contributed by atoms with Crippen LogP contribution in [0.3, 0.4) is 0 Å². The average Bonchev–Trinajstić information content (AvgIpc) is 4.00. The number of benzene rings is 4. The van der Waals surface area contributed by atoms with Gasteiger partial charge in [0.25, 0.3) is 0 Å². The van der Waals surface area contributed by atoms with E-state index in [1.54, 1.807) is 53.4 Å². The second-order valence-corrected chi connectivity index (χ2v) is 23.6. The molecule has 0 atom stereocenters. The Balaban J connectivity index is 0.000000176. The number of amides is 4. The molecule has 2 saturated heterocycles. The largest absolute Gasteiger partial charge is 0.330 e. The fourth-order valence-corrected chi connectivity index (χ4v) is 12.2. The van der Waals surface area contributed by atoms with Gasteiger partial charge in [0.2, 0.25) is 0 Å². The number of carbonyl (C=O) groups is 2. The molecule has 9 rings (SSSR count). The number of urea groups is 2. The first kappa shape index (κ1) is 45.8. The standard InChI is InChI=1S/C27H35N3O3S.C23H29N3O3S/c1-28(2)27(22-7-5-4-6-8-22)17-15-26(16-18-27)20-29(25(31)30(26)19-21-9-10-21)23-11-13-24(14-12-23)34(3,32)33;1-25(2)23(18-7-5-4-6-8-18)15-13-22(14-16-23)17-26(21(27)24-22)19-9-11-20(12-10-19)30(3,28)29/h4-8,11-14,21H,9-10,15-20H2,1-3H3;4-12H,13-17H2,1-3H3,(H,24,27). The molecule has 1 N–H and O–H groups in total. The first-order valence-corrected chi connectivity index (χ1v) is 26.3. The van der Waals surface area contributed by atoms with Crippen LogP contribution < -0.4 is 15.1 Å². The molecule has 0 bridgehead atoms. The van der Waals surface area contributed by atoms with Crippen molar-refractivity contribution in [3.8, 4) is 0 Å². The summed E-state index contributed by atoms with van der Waals surface area (Å²) < 4.78 is 47.2. The third-order valence-corrected chi connectivity index (χ3v) is 17.5. The smallest absolute Gasteiger partial charge is 0.325 e. The molecule has 4 amide bonds. The van der Waals surface area contributed by atoms with Crippen LogP contribution in [-0.2, 0) is 30.8 Å². The third kappa shape index (κ3) is 8.82. The second-order valence-electron chi connectivity index (χ2n) is 19.6. The number of sulfone groups is 2. The van der Waals surface area contributed by atoms with Crippen molar-refractivity contribution in [1.29, 1.82) is 0 Å². The van der Waals surface area contributed by atoms with E-state index in [0.29, 0.717) is 19.0 Å². The Labute approximate surface area is 380 Å². The van der Waals surface area contributed by atoms with E-state index in [1.165, 1.54) is 36.5 Å². The van der Waals surface area contributed by atoms with Crippen molar-refractivity contribution in [2.75, 3.05) is 70.1 Å². The van der Waals surface area contributed by atoms with Crippen LogP contribution in [0.4, 0.5) is 21.0 Å². The Kier molecular flexibility index (Phi) is 12.3. The molecular formula is C50H64N6O6S2. The van der Waals surface area contributed by atoms with Crippen LogP contribution in [0, 0.1) is 5.92 Å². The van der Waals surface area contributed by atoms with E-state index in [4.69, 9.17) is 0 Å². The minimum absolute atomic E-state index is 0.0225. The van der Waals surface area contributed by atoms with Crippen molar-refractivity contribution in [1.82, 2.24) is 20.0 Å². The zero-order valence-electron chi connectivity index (χ0n) is 38.2. The van der Waals surface area contributed by atoms with Gasteiger partial charge in [-0.1, -0.05) is 60.7 Å². The summed E-state index contributed by atoms with van der Waals surface area (Å²) in [5.74, 6) is 0.614. The normalized spacial score (nSPS) is 27.3. The summed E-state index contributed by atoms with van der Waals surface area (Å²) in [5, 5.41) is 3.24. The molecule has 2 aliphatic heterocycles. The summed E-state index contributed by atoms with van der Waals surface area (Å²) in [6.45, 7) is 2.09. The summed E-state index contributed by atoms with van der Waals surface area (Å²) in [7, 11) is 2.08. The van der Waals surface area contributed by atoms with Gasteiger partial charge in [0.05, 0.1) is 34.0 Å². The lowest BCUT2D eigenvalue weighted by Crippen LogP contribution is -2.55. The molecule has 64 heavy (non-hydrogen) atoms.